The zero-order valence-corrected chi connectivity index (χ0v) is 12.8. The summed E-state index contributed by atoms with van der Waals surface area (Å²) in [5.74, 6) is -0.0248. The Balaban J connectivity index is 0.00000220. The molecule has 1 aromatic heterocycles. The molecule has 0 saturated heterocycles. The number of rotatable bonds is 5. The average molecular weight is 306 g/mol. The summed E-state index contributed by atoms with van der Waals surface area (Å²) in [5.41, 5.74) is 8.61. The molecule has 0 saturated carbocycles. The lowest BCUT2D eigenvalue weighted by Gasteiger charge is -2.08. The van der Waals surface area contributed by atoms with Crippen molar-refractivity contribution in [2.45, 2.75) is 25.9 Å². The van der Waals surface area contributed by atoms with E-state index in [1.807, 2.05) is 49.4 Å². The van der Waals surface area contributed by atoms with Crippen LogP contribution in [-0.4, -0.2) is 16.9 Å². The van der Waals surface area contributed by atoms with Gasteiger partial charge in [0.15, 0.2) is 0 Å². The van der Waals surface area contributed by atoms with Crippen molar-refractivity contribution in [1.29, 1.82) is 0 Å². The smallest absolute Gasteiger partial charge is 0.221 e. The molecule has 0 radical (unpaired) electrons. The maximum absolute atomic E-state index is 11.6. The lowest BCUT2D eigenvalue weighted by atomic mass is 10.1. The van der Waals surface area contributed by atoms with Crippen molar-refractivity contribution in [2.75, 3.05) is 0 Å². The number of halogens is 1. The van der Waals surface area contributed by atoms with Gasteiger partial charge in [-0.2, -0.15) is 0 Å². The van der Waals surface area contributed by atoms with E-state index in [9.17, 15) is 4.79 Å². The van der Waals surface area contributed by atoms with Crippen LogP contribution >= 0.6 is 12.4 Å². The second kappa shape index (κ2) is 8.39. The molecule has 0 aliphatic rings. The van der Waals surface area contributed by atoms with Gasteiger partial charge in [0.2, 0.25) is 5.91 Å². The Bertz CT molecular complexity index is 573. The SMILES string of the molecule is CC(N)CC(=O)NCc1cccc(-c2ccccn2)c1.Cl. The highest BCUT2D eigenvalue weighted by atomic mass is 35.5. The molecule has 0 aliphatic carbocycles. The molecular weight excluding hydrogens is 286 g/mol. The molecule has 0 spiro atoms. The van der Waals surface area contributed by atoms with E-state index in [4.69, 9.17) is 5.73 Å². The number of nitrogens with two attached hydrogens (primary N) is 1. The summed E-state index contributed by atoms with van der Waals surface area (Å²) in [7, 11) is 0. The summed E-state index contributed by atoms with van der Waals surface area (Å²) in [6.07, 6.45) is 2.12. The fourth-order valence-electron chi connectivity index (χ4n) is 1.94. The van der Waals surface area contributed by atoms with Crippen LogP contribution in [-0.2, 0) is 11.3 Å². The molecule has 2 aromatic rings. The number of hydrogen-bond donors (Lipinski definition) is 2. The summed E-state index contributed by atoms with van der Waals surface area (Å²) in [6, 6.07) is 13.7. The van der Waals surface area contributed by atoms with Crippen molar-refractivity contribution in [3.8, 4) is 11.3 Å². The molecule has 1 aromatic carbocycles. The minimum atomic E-state index is -0.116. The van der Waals surface area contributed by atoms with Crippen LogP contribution in [0.1, 0.15) is 18.9 Å². The van der Waals surface area contributed by atoms with Crippen LogP contribution in [0.5, 0.6) is 0 Å². The van der Waals surface area contributed by atoms with E-state index in [1.165, 1.54) is 0 Å². The minimum Gasteiger partial charge on any atom is -0.352 e. The highest BCUT2D eigenvalue weighted by Gasteiger charge is 2.05. The van der Waals surface area contributed by atoms with Gasteiger partial charge in [0.25, 0.3) is 0 Å². The zero-order valence-electron chi connectivity index (χ0n) is 12.0. The highest BCUT2D eigenvalue weighted by Crippen LogP contribution is 2.17. The van der Waals surface area contributed by atoms with Gasteiger partial charge in [-0.15, -0.1) is 12.4 Å². The first kappa shape index (κ1) is 17.1. The van der Waals surface area contributed by atoms with E-state index in [2.05, 4.69) is 10.3 Å². The maximum Gasteiger partial charge on any atom is 0.221 e. The third-order valence-corrected chi connectivity index (χ3v) is 2.88. The van der Waals surface area contributed by atoms with Crippen LogP contribution in [0.2, 0.25) is 0 Å². The number of carbonyl (C=O) groups excluding carboxylic acids is 1. The number of pyridine rings is 1. The van der Waals surface area contributed by atoms with Crippen molar-refractivity contribution in [2.24, 2.45) is 5.73 Å². The molecule has 112 valence electrons. The lowest BCUT2D eigenvalue weighted by molar-refractivity contribution is -0.121. The maximum atomic E-state index is 11.6. The van der Waals surface area contributed by atoms with Crippen LogP contribution in [0, 0.1) is 0 Å². The number of amides is 1. The fraction of sp³-hybridized carbons (Fsp3) is 0.250. The number of benzene rings is 1. The Morgan fingerprint density at radius 2 is 2.10 bits per heavy atom. The number of nitrogens with one attached hydrogen (secondary N) is 1. The molecule has 0 bridgehead atoms. The molecule has 3 N–H and O–H groups in total. The topological polar surface area (TPSA) is 68.0 Å². The number of hydrogen-bond acceptors (Lipinski definition) is 3. The first-order valence-corrected chi connectivity index (χ1v) is 6.68. The van der Waals surface area contributed by atoms with Crippen molar-refractivity contribution in [3.05, 3.63) is 54.2 Å². The second-order valence-corrected chi connectivity index (χ2v) is 4.87. The monoisotopic (exact) mass is 305 g/mol. The van der Waals surface area contributed by atoms with Gasteiger partial charge in [-0.1, -0.05) is 24.3 Å². The molecule has 21 heavy (non-hydrogen) atoms. The van der Waals surface area contributed by atoms with E-state index < -0.39 is 0 Å². The zero-order chi connectivity index (χ0) is 14.4. The highest BCUT2D eigenvalue weighted by molar-refractivity contribution is 5.85. The Morgan fingerprint density at radius 1 is 1.29 bits per heavy atom. The van der Waals surface area contributed by atoms with Crippen LogP contribution in [0.25, 0.3) is 11.3 Å². The summed E-state index contributed by atoms with van der Waals surface area (Å²) in [4.78, 5) is 15.9. The van der Waals surface area contributed by atoms with Crippen molar-refractivity contribution in [1.82, 2.24) is 10.3 Å². The van der Waals surface area contributed by atoms with Crippen LogP contribution in [0.15, 0.2) is 48.7 Å². The van der Waals surface area contributed by atoms with Crippen molar-refractivity contribution in [3.63, 3.8) is 0 Å². The third kappa shape index (κ3) is 5.53. The van der Waals surface area contributed by atoms with Gasteiger partial charge in [-0.05, 0) is 30.7 Å². The van der Waals surface area contributed by atoms with Gasteiger partial charge < -0.3 is 11.1 Å². The molecule has 0 fully saturated rings. The Labute approximate surface area is 131 Å². The third-order valence-electron chi connectivity index (χ3n) is 2.88. The van der Waals surface area contributed by atoms with Crippen LogP contribution < -0.4 is 11.1 Å². The Hall–Kier alpha value is -1.91. The van der Waals surface area contributed by atoms with E-state index in [-0.39, 0.29) is 24.4 Å². The van der Waals surface area contributed by atoms with Crippen molar-refractivity contribution < 1.29 is 4.79 Å². The molecule has 1 amide bonds. The summed E-state index contributed by atoms with van der Waals surface area (Å²) < 4.78 is 0. The quantitative estimate of drug-likeness (QED) is 0.892. The van der Waals surface area contributed by atoms with Gasteiger partial charge in [0.05, 0.1) is 5.69 Å². The molecule has 1 atom stereocenters. The molecule has 4 nitrogen and oxygen atoms in total. The predicted molar refractivity (Wildman–Crippen MR) is 87.0 cm³/mol. The first-order chi connectivity index (χ1) is 9.65. The van der Waals surface area contributed by atoms with E-state index >= 15 is 0 Å². The molecule has 5 heteroatoms. The van der Waals surface area contributed by atoms with Gasteiger partial charge >= 0.3 is 0 Å². The molecule has 1 unspecified atom stereocenters. The Morgan fingerprint density at radius 3 is 2.76 bits per heavy atom. The molecule has 0 aliphatic heterocycles. The number of aromatic nitrogens is 1. The average Bonchev–Trinajstić information content (AvgIpc) is 2.46. The van der Waals surface area contributed by atoms with Crippen LogP contribution in [0.3, 0.4) is 0 Å². The molecule has 1 heterocycles. The van der Waals surface area contributed by atoms with Crippen LogP contribution in [0.4, 0.5) is 0 Å². The largest absolute Gasteiger partial charge is 0.352 e. The van der Waals surface area contributed by atoms with E-state index in [1.54, 1.807) is 6.20 Å². The summed E-state index contributed by atoms with van der Waals surface area (Å²) >= 11 is 0. The lowest BCUT2D eigenvalue weighted by Crippen LogP contribution is -2.29. The standard InChI is InChI=1S/C16H19N3O.ClH/c1-12(17)9-16(20)19-11-13-5-4-6-14(10-13)15-7-2-3-8-18-15;/h2-8,10,12H,9,11,17H2,1H3,(H,19,20);1H. The second-order valence-electron chi connectivity index (χ2n) is 4.87. The normalized spacial score (nSPS) is 11.3. The molecule has 2 rings (SSSR count). The van der Waals surface area contributed by atoms with Gasteiger partial charge in [-0.3, -0.25) is 9.78 Å². The van der Waals surface area contributed by atoms with Gasteiger partial charge in [-0.25, -0.2) is 0 Å². The Kier molecular flexibility index (Phi) is 6.85. The number of nitrogens with zero attached hydrogens (tertiary/aromatic N) is 1. The van der Waals surface area contributed by atoms with E-state index in [0.717, 1.165) is 16.8 Å². The predicted octanol–water partition coefficient (Wildman–Crippen LogP) is 2.52. The summed E-state index contributed by atoms with van der Waals surface area (Å²) in [6.45, 7) is 2.33. The molecular formula is C16H20ClN3O. The van der Waals surface area contributed by atoms with Gasteiger partial charge in [0.1, 0.15) is 0 Å². The van der Waals surface area contributed by atoms with Crippen molar-refractivity contribution >= 4 is 18.3 Å². The minimum absolute atomic E-state index is 0. The van der Waals surface area contributed by atoms with E-state index in [0.29, 0.717) is 13.0 Å². The first-order valence-electron chi connectivity index (χ1n) is 6.68. The summed E-state index contributed by atoms with van der Waals surface area (Å²) in [5, 5.41) is 2.87. The van der Waals surface area contributed by atoms with Gasteiger partial charge in [0, 0.05) is 30.8 Å². The fourth-order valence-corrected chi connectivity index (χ4v) is 1.94. The number of carbonyl (C=O) groups is 1.